The van der Waals surface area contributed by atoms with E-state index >= 15 is 0 Å². The molecule has 0 fully saturated rings. The van der Waals surface area contributed by atoms with E-state index in [1.54, 1.807) is 30.3 Å². The molecule has 0 aliphatic rings. The first kappa shape index (κ1) is 13.5. The van der Waals surface area contributed by atoms with Crippen LogP contribution in [0, 0.1) is 0 Å². The highest BCUT2D eigenvalue weighted by Crippen LogP contribution is 2.30. The van der Waals surface area contributed by atoms with Gasteiger partial charge < -0.3 is 16.2 Å². The molecule has 0 aliphatic carbocycles. The molecule has 0 unspecified atom stereocenters. The third-order valence-corrected chi connectivity index (χ3v) is 3.27. The number of hydrogen-bond donors (Lipinski definition) is 3. The van der Waals surface area contributed by atoms with Gasteiger partial charge in [0.15, 0.2) is 0 Å². The van der Waals surface area contributed by atoms with Crippen molar-refractivity contribution in [2.45, 2.75) is 0 Å². The Kier molecular flexibility index (Phi) is 3.83. The van der Waals surface area contributed by atoms with Crippen LogP contribution in [-0.4, -0.2) is 11.1 Å². The van der Waals surface area contributed by atoms with Gasteiger partial charge in [0.2, 0.25) is 0 Å². The number of carbonyl (C=O) groups is 1. The van der Waals surface area contributed by atoms with Crippen LogP contribution < -0.4 is 11.1 Å². The summed E-state index contributed by atoms with van der Waals surface area (Å²) in [6.45, 7) is 0. The van der Waals surface area contributed by atoms with Gasteiger partial charge in [-0.15, -0.1) is 0 Å². The van der Waals surface area contributed by atoms with E-state index in [9.17, 15) is 4.79 Å². The number of carboxylic acid groups (broad SMARTS) is 1. The number of nitrogens with two attached hydrogens (primary N) is 1. The van der Waals surface area contributed by atoms with E-state index in [1.807, 2.05) is 0 Å². The summed E-state index contributed by atoms with van der Waals surface area (Å²) in [4.78, 5) is 11.0. The Balaban J connectivity index is 2.35. The van der Waals surface area contributed by atoms with Gasteiger partial charge in [-0.25, -0.2) is 4.79 Å². The largest absolute Gasteiger partial charge is 0.478 e. The molecule has 0 heterocycles. The number of nitrogens with one attached hydrogen (secondary N) is 1. The minimum atomic E-state index is -1.07. The molecule has 0 saturated carbocycles. The van der Waals surface area contributed by atoms with Gasteiger partial charge in [-0.05, 0) is 30.3 Å². The number of halogens is 2. The summed E-state index contributed by atoms with van der Waals surface area (Å²) in [5.74, 6) is -1.07. The standard InChI is InChI=1S/C13H10Cl2N2O2/c14-9-5-4-7(6-10(9)15)17-11-3-1-2-8(12(11)16)13(18)19/h1-6,17H,16H2,(H,18,19). The maximum atomic E-state index is 11.0. The third kappa shape index (κ3) is 2.92. The van der Waals surface area contributed by atoms with Crippen LogP contribution in [0.5, 0.6) is 0 Å². The lowest BCUT2D eigenvalue weighted by molar-refractivity contribution is 0.0698. The van der Waals surface area contributed by atoms with Crippen molar-refractivity contribution in [2.75, 3.05) is 11.1 Å². The molecule has 0 atom stereocenters. The van der Waals surface area contributed by atoms with Gasteiger partial charge in [-0.1, -0.05) is 29.3 Å². The molecule has 0 radical (unpaired) electrons. The second kappa shape index (κ2) is 5.38. The molecule has 2 aromatic carbocycles. The SMILES string of the molecule is Nc1c(Nc2ccc(Cl)c(Cl)c2)cccc1C(=O)O. The highest BCUT2D eigenvalue weighted by Gasteiger charge is 2.11. The maximum absolute atomic E-state index is 11.0. The van der Waals surface area contributed by atoms with Crippen molar-refractivity contribution in [3.8, 4) is 0 Å². The monoisotopic (exact) mass is 296 g/mol. The topological polar surface area (TPSA) is 75.3 Å². The van der Waals surface area contributed by atoms with E-state index in [0.29, 0.717) is 21.4 Å². The van der Waals surface area contributed by atoms with Crippen LogP contribution in [0.3, 0.4) is 0 Å². The van der Waals surface area contributed by atoms with Crippen LogP contribution in [0.25, 0.3) is 0 Å². The molecule has 0 bridgehead atoms. The minimum Gasteiger partial charge on any atom is -0.478 e. The first-order valence-electron chi connectivity index (χ1n) is 5.33. The lowest BCUT2D eigenvalue weighted by Gasteiger charge is -2.11. The van der Waals surface area contributed by atoms with Crippen molar-refractivity contribution in [3.05, 3.63) is 52.0 Å². The predicted octanol–water partition coefficient (Wildman–Crippen LogP) is 4.02. The van der Waals surface area contributed by atoms with Gasteiger partial charge in [-0.2, -0.15) is 0 Å². The number of carboxylic acids is 1. The summed E-state index contributed by atoms with van der Waals surface area (Å²) in [6, 6.07) is 9.74. The average Bonchev–Trinajstić information content (AvgIpc) is 2.36. The highest BCUT2D eigenvalue weighted by molar-refractivity contribution is 6.42. The second-order valence-electron chi connectivity index (χ2n) is 3.83. The summed E-state index contributed by atoms with van der Waals surface area (Å²) >= 11 is 11.7. The first-order chi connectivity index (χ1) is 8.99. The zero-order valence-corrected chi connectivity index (χ0v) is 11.2. The minimum absolute atomic E-state index is 0.0464. The summed E-state index contributed by atoms with van der Waals surface area (Å²) in [5, 5.41) is 12.8. The van der Waals surface area contributed by atoms with Crippen LogP contribution in [0.1, 0.15) is 10.4 Å². The van der Waals surface area contributed by atoms with Gasteiger partial charge in [0.05, 0.1) is 27.0 Å². The van der Waals surface area contributed by atoms with E-state index < -0.39 is 5.97 Å². The van der Waals surface area contributed by atoms with Gasteiger partial charge in [0.25, 0.3) is 0 Å². The van der Waals surface area contributed by atoms with Crippen molar-refractivity contribution < 1.29 is 9.90 Å². The van der Waals surface area contributed by atoms with Crippen molar-refractivity contribution >= 4 is 46.2 Å². The highest BCUT2D eigenvalue weighted by atomic mass is 35.5. The number of benzene rings is 2. The molecule has 4 N–H and O–H groups in total. The molecule has 19 heavy (non-hydrogen) atoms. The lowest BCUT2D eigenvalue weighted by Crippen LogP contribution is -2.05. The Hall–Kier alpha value is -1.91. The van der Waals surface area contributed by atoms with Crippen molar-refractivity contribution in [1.29, 1.82) is 0 Å². The van der Waals surface area contributed by atoms with Gasteiger partial charge in [-0.3, -0.25) is 0 Å². The molecule has 0 amide bonds. The Morgan fingerprint density at radius 2 is 1.89 bits per heavy atom. The molecule has 98 valence electrons. The molecule has 0 spiro atoms. The Morgan fingerprint density at radius 1 is 1.16 bits per heavy atom. The van der Waals surface area contributed by atoms with Crippen LogP contribution >= 0.6 is 23.2 Å². The smallest absolute Gasteiger partial charge is 0.337 e. The first-order valence-corrected chi connectivity index (χ1v) is 6.08. The number of rotatable bonds is 3. The summed E-state index contributed by atoms with van der Waals surface area (Å²) in [6.07, 6.45) is 0. The van der Waals surface area contributed by atoms with Crippen LogP contribution in [0.2, 0.25) is 10.0 Å². The summed E-state index contributed by atoms with van der Waals surface area (Å²) < 4.78 is 0. The Bertz CT molecular complexity index is 645. The maximum Gasteiger partial charge on any atom is 0.337 e. The molecule has 6 heteroatoms. The predicted molar refractivity (Wildman–Crippen MR) is 77.6 cm³/mol. The van der Waals surface area contributed by atoms with Crippen LogP contribution in [0.15, 0.2) is 36.4 Å². The zero-order chi connectivity index (χ0) is 14.0. The van der Waals surface area contributed by atoms with Gasteiger partial charge in [0.1, 0.15) is 0 Å². The quantitative estimate of drug-likeness (QED) is 0.748. The number of nitrogen functional groups attached to an aromatic ring is 1. The lowest BCUT2D eigenvalue weighted by atomic mass is 10.1. The molecule has 0 aliphatic heterocycles. The molecular weight excluding hydrogens is 287 g/mol. The molecule has 4 nitrogen and oxygen atoms in total. The Morgan fingerprint density at radius 3 is 2.53 bits per heavy atom. The summed E-state index contributed by atoms with van der Waals surface area (Å²) in [7, 11) is 0. The third-order valence-electron chi connectivity index (χ3n) is 2.54. The van der Waals surface area contributed by atoms with E-state index in [-0.39, 0.29) is 11.3 Å². The molecule has 0 saturated heterocycles. The summed E-state index contributed by atoms with van der Waals surface area (Å²) in [5.41, 5.74) is 7.18. The van der Waals surface area contributed by atoms with Crippen LogP contribution in [0.4, 0.5) is 17.1 Å². The molecular formula is C13H10Cl2N2O2. The second-order valence-corrected chi connectivity index (χ2v) is 4.64. The average molecular weight is 297 g/mol. The number of aromatic carboxylic acids is 1. The fourth-order valence-corrected chi connectivity index (χ4v) is 1.89. The van der Waals surface area contributed by atoms with Crippen molar-refractivity contribution in [3.63, 3.8) is 0 Å². The Labute approximate surface area is 119 Å². The number of anilines is 3. The zero-order valence-electron chi connectivity index (χ0n) is 9.65. The fourth-order valence-electron chi connectivity index (χ4n) is 1.59. The fraction of sp³-hybridized carbons (Fsp3) is 0. The molecule has 2 aromatic rings. The van der Waals surface area contributed by atoms with Crippen molar-refractivity contribution in [2.24, 2.45) is 0 Å². The number of para-hydroxylation sites is 1. The van der Waals surface area contributed by atoms with Gasteiger partial charge >= 0.3 is 5.97 Å². The normalized spacial score (nSPS) is 10.2. The van der Waals surface area contributed by atoms with E-state index in [0.717, 1.165) is 0 Å². The molecule has 0 aromatic heterocycles. The van der Waals surface area contributed by atoms with Crippen LogP contribution in [-0.2, 0) is 0 Å². The molecule has 2 rings (SSSR count). The van der Waals surface area contributed by atoms with Crippen molar-refractivity contribution in [1.82, 2.24) is 0 Å². The van der Waals surface area contributed by atoms with E-state index in [1.165, 1.54) is 6.07 Å². The van der Waals surface area contributed by atoms with E-state index in [2.05, 4.69) is 5.32 Å². The number of hydrogen-bond acceptors (Lipinski definition) is 3. The van der Waals surface area contributed by atoms with Gasteiger partial charge in [0, 0.05) is 5.69 Å². The van der Waals surface area contributed by atoms with E-state index in [4.69, 9.17) is 34.0 Å².